The van der Waals surface area contributed by atoms with E-state index in [4.69, 9.17) is 14.6 Å². The molecule has 1 aromatic rings. The molecule has 1 aliphatic heterocycles. The van der Waals surface area contributed by atoms with Crippen LogP contribution < -0.4 is 14.8 Å². The second-order valence-corrected chi connectivity index (χ2v) is 6.76. The Morgan fingerprint density at radius 2 is 2.17 bits per heavy atom. The highest BCUT2D eigenvalue weighted by Crippen LogP contribution is 2.27. The molecule has 0 saturated carbocycles. The minimum atomic E-state index is -0.0470. The molecule has 1 unspecified atom stereocenters. The van der Waals surface area contributed by atoms with Crippen LogP contribution in [0, 0.1) is 0 Å². The standard InChI is InChI=1S/C17H26N2O4S/c1-22-15-4-3-13(11-16(15)23-2)5-7-18-17(21)19-8-10-24-12-14(19)6-9-20/h3-4,11,14,20H,5-10,12H2,1-2H3,(H,18,21). The lowest BCUT2D eigenvalue weighted by atomic mass is 10.1. The van der Waals surface area contributed by atoms with Gasteiger partial charge in [-0.1, -0.05) is 6.07 Å². The number of aliphatic hydroxyl groups is 1. The van der Waals surface area contributed by atoms with Crippen molar-refractivity contribution in [2.45, 2.75) is 18.9 Å². The maximum atomic E-state index is 12.4. The molecular formula is C17H26N2O4S. The van der Waals surface area contributed by atoms with Gasteiger partial charge in [-0.15, -0.1) is 0 Å². The number of thioether (sulfide) groups is 1. The first kappa shape index (κ1) is 18.7. The summed E-state index contributed by atoms with van der Waals surface area (Å²) in [5.74, 6) is 3.23. The summed E-state index contributed by atoms with van der Waals surface area (Å²) in [6.45, 7) is 1.40. The van der Waals surface area contributed by atoms with Crippen LogP contribution in [0.2, 0.25) is 0 Å². The molecule has 24 heavy (non-hydrogen) atoms. The summed E-state index contributed by atoms with van der Waals surface area (Å²) < 4.78 is 10.5. The zero-order valence-corrected chi connectivity index (χ0v) is 15.1. The van der Waals surface area contributed by atoms with E-state index in [1.165, 1.54) is 0 Å². The fourth-order valence-corrected chi connectivity index (χ4v) is 3.87. The molecule has 7 heteroatoms. The summed E-state index contributed by atoms with van der Waals surface area (Å²) >= 11 is 1.83. The van der Waals surface area contributed by atoms with Gasteiger partial charge in [-0.2, -0.15) is 11.8 Å². The van der Waals surface area contributed by atoms with Crippen LogP contribution in [-0.4, -0.2) is 67.5 Å². The Kier molecular flexibility index (Phi) is 7.52. The van der Waals surface area contributed by atoms with Crippen molar-refractivity contribution in [2.75, 3.05) is 45.4 Å². The molecule has 1 heterocycles. The molecule has 1 aliphatic rings. The summed E-state index contributed by atoms with van der Waals surface area (Å²) in [7, 11) is 3.22. The molecule has 0 aromatic heterocycles. The second-order valence-electron chi connectivity index (χ2n) is 5.61. The predicted octanol–water partition coefficient (Wildman–Crippen LogP) is 1.76. The Hall–Kier alpha value is -1.60. The Morgan fingerprint density at radius 1 is 1.38 bits per heavy atom. The number of aliphatic hydroxyl groups excluding tert-OH is 1. The zero-order chi connectivity index (χ0) is 17.4. The van der Waals surface area contributed by atoms with Crippen molar-refractivity contribution in [3.8, 4) is 11.5 Å². The third-order valence-electron chi connectivity index (χ3n) is 4.09. The van der Waals surface area contributed by atoms with E-state index < -0.39 is 0 Å². The summed E-state index contributed by atoms with van der Waals surface area (Å²) in [6, 6.07) is 5.84. The largest absolute Gasteiger partial charge is 0.493 e. The van der Waals surface area contributed by atoms with Crippen LogP contribution in [0.4, 0.5) is 4.79 Å². The molecule has 0 spiro atoms. The van der Waals surface area contributed by atoms with Crippen LogP contribution in [0.3, 0.4) is 0 Å². The number of rotatable bonds is 7. The third kappa shape index (κ3) is 4.95. The lowest BCUT2D eigenvalue weighted by Crippen LogP contribution is -2.51. The van der Waals surface area contributed by atoms with E-state index in [1.54, 1.807) is 14.2 Å². The van der Waals surface area contributed by atoms with Crippen LogP contribution in [0.15, 0.2) is 18.2 Å². The molecule has 1 aromatic carbocycles. The highest BCUT2D eigenvalue weighted by atomic mass is 32.2. The van der Waals surface area contributed by atoms with E-state index in [9.17, 15) is 4.79 Å². The van der Waals surface area contributed by atoms with Crippen molar-refractivity contribution >= 4 is 17.8 Å². The number of carbonyl (C=O) groups excluding carboxylic acids is 1. The summed E-state index contributed by atoms with van der Waals surface area (Å²) in [5, 5.41) is 12.1. The van der Waals surface area contributed by atoms with Crippen LogP contribution in [-0.2, 0) is 6.42 Å². The molecule has 1 fully saturated rings. The van der Waals surface area contributed by atoms with Crippen molar-refractivity contribution in [1.82, 2.24) is 10.2 Å². The first-order valence-electron chi connectivity index (χ1n) is 8.13. The monoisotopic (exact) mass is 354 g/mol. The first-order chi connectivity index (χ1) is 11.7. The molecular weight excluding hydrogens is 328 g/mol. The van der Waals surface area contributed by atoms with Crippen molar-refractivity contribution in [3.63, 3.8) is 0 Å². The summed E-state index contributed by atoms with van der Waals surface area (Å²) in [4.78, 5) is 14.2. The highest BCUT2D eigenvalue weighted by molar-refractivity contribution is 7.99. The van der Waals surface area contributed by atoms with Crippen molar-refractivity contribution in [3.05, 3.63) is 23.8 Å². The van der Waals surface area contributed by atoms with Crippen LogP contribution in [0.25, 0.3) is 0 Å². The van der Waals surface area contributed by atoms with E-state index in [0.717, 1.165) is 30.0 Å². The number of benzene rings is 1. The Balaban J connectivity index is 1.85. The lowest BCUT2D eigenvalue weighted by Gasteiger charge is -2.35. The molecule has 6 nitrogen and oxygen atoms in total. The molecule has 1 saturated heterocycles. The molecule has 2 N–H and O–H groups in total. The van der Waals surface area contributed by atoms with Crippen molar-refractivity contribution in [2.24, 2.45) is 0 Å². The molecule has 2 rings (SSSR count). The van der Waals surface area contributed by atoms with E-state index in [-0.39, 0.29) is 18.7 Å². The highest BCUT2D eigenvalue weighted by Gasteiger charge is 2.26. The average molecular weight is 354 g/mol. The maximum absolute atomic E-state index is 12.4. The molecule has 0 bridgehead atoms. The average Bonchev–Trinajstić information content (AvgIpc) is 2.62. The maximum Gasteiger partial charge on any atom is 0.317 e. The number of amides is 2. The van der Waals surface area contributed by atoms with Gasteiger partial charge in [0.15, 0.2) is 11.5 Å². The minimum absolute atomic E-state index is 0.0470. The normalized spacial score (nSPS) is 17.5. The lowest BCUT2D eigenvalue weighted by molar-refractivity contribution is 0.166. The van der Waals surface area contributed by atoms with Gasteiger partial charge in [0.05, 0.1) is 14.2 Å². The van der Waals surface area contributed by atoms with Crippen LogP contribution >= 0.6 is 11.8 Å². The van der Waals surface area contributed by atoms with E-state index in [0.29, 0.717) is 24.5 Å². The van der Waals surface area contributed by atoms with Gasteiger partial charge in [0.1, 0.15) is 0 Å². The number of carbonyl (C=O) groups is 1. The number of ether oxygens (including phenoxy) is 2. The fourth-order valence-electron chi connectivity index (χ4n) is 2.76. The quantitative estimate of drug-likeness (QED) is 0.781. The number of nitrogens with one attached hydrogen (secondary N) is 1. The third-order valence-corrected chi connectivity index (χ3v) is 5.18. The van der Waals surface area contributed by atoms with Crippen LogP contribution in [0.1, 0.15) is 12.0 Å². The van der Waals surface area contributed by atoms with Gasteiger partial charge in [-0.3, -0.25) is 0 Å². The SMILES string of the molecule is COc1ccc(CCNC(=O)N2CCSCC2CCO)cc1OC. The molecule has 1 atom stereocenters. The fraction of sp³-hybridized carbons (Fsp3) is 0.588. The Bertz CT molecular complexity index is 539. The van der Waals surface area contributed by atoms with Gasteiger partial charge in [0, 0.05) is 37.2 Å². The number of methoxy groups -OCH3 is 2. The van der Waals surface area contributed by atoms with Gasteiger partial charge < -0.3 is 24.8 Å². The summed E-state index contributed by atoms with van der Waals surface area (Å²) in [5.41, 5.74) is 1.08. The van der Waals surface area contributed by atoms with Gasteiger partial charge in [0.2, 0.25) is 0 Å². The van der Waals surface area contributed by atoms with Crippen molar-refractivity contribution < 1.29 is 19.4 Å². The number of hydrogen-bond acceptors (Lipinski definition) is 5. The zero-order valence-electron chi connectivity index (χ0n) is 14.3. The van der Waals surface area contributed by atoms with Gasteiger partial charge in [0.25, 0.3) is 0 Å². The number of nitrogens with zero attached hydrogens (tertiary/aromatic N) is 1. The molecule has 134 valence electrons. The number of hydrogen-bond donors (Lipinski definition) is 2. The predicted molar refractivity (Wildman–Crippen MR) is 96.2 cm³/mol. The summed E-state index contributed by atoms with van der Waals surface area (Å²) in [6.07, 6.45) is 1.36. The minimum Gasteiger partial charge on any atom is -0.493 e. The molecule has 0 radical (unpaired) electrons. The van der Waals surface area contributed by atoms with Crippen LogP contribution in [0.5, 0.6) is 11.5 Å². The topological polar surface area (TPSA) is 71.0 Å². The second kappa shape index (κ2) is 9.64. The van der Waals surface area contributed by atoms with E-state index in [1.807, 2.05) is 34.9 Å². The Labute approximate surface area is 147 Å². The molecule has 0 aliphatic carbocycles. The Morgan fingerprint density at radius 3 is 2.88 bits per heavy atom. The molecule has 2 amide bonds. The van der Waals surface area contributed by atoms with Gasteiger partial charge >= 0.3 is 6.03 Å². The van der Waals surface area contributed by atoms with E-state index in [2.05, 4.69) is 5.32 Å². The smallest absolute Gasteiger partial charge is 0.317 e. The van der Waals surface area contributed by atoms with E-state index >= 15 is 0 Å². The van der Waals surface area contributed by atoms with Gasteiger partial charge in [-0.25, -0.2) is 4.79 Å². The van der Waals surface area contributed by atoms with Crippen molar-refractivity contribution in [1.29, 1.82) is 0 Å². The number of urea groups is 1. The van der Waals surface area contributed by atoms with Gasteiger partial charge in [-0.05, 0) is 30.5 Å². The first-order valence-corrected chi connectivity index (χ1v) is 9.29.